The Bertz CT molecular complexity index is 416. The van der Waals surface area contributed by atoms with Gasteiger partial charge in [-0.05, 0) is 24.7 Å². The molecule has 7 nitrogen and oxygen atoms in total. The molecule has 134 valence electrons. The van der Waals surface area contributed by atoms with E-state index in [-0.39, 0.29) is 17.6 Å². The number of carboxylic acids is 1. The van der Waals surface area contributed by atoms with Crippen LogP contribution in [0.3, 0.4) is 0 Å². The van der Waals surface area contributed by atoms with E-state index in [0.717, 1.165) is 0 Å². The van der Waals surface area contributed by atoms with Gasteiger partial charge in [-0.3, -0.25) is 9.59 Å². The first-order valence-electron chi connectivity index (χ1n) is 7.78. The van der Waals surface area contributed by atoms with Crippen molar-refractivity contribution in [1.29, 1.82) is 0 Å². The fourth-order valence-corrected chi connectivity index (χ4v) is 2.30. The lowest BCUT2D eigenvalue weighted by Crippen LogP contribution is -2.55. The Hall–Kier alpha value is -1.28. The van der Waals surface area contributed by atoms with Crippen molar-refractivity contribution in [2.24, 2.45) is 17.6 Å². The Balaban J connectivity index is 4.89. The van der Waals surface area contributed by atoms with Crippen LogP contribution < -0.4 is 16.4 Å². The van der Waals surface area contributed by atoms with Crippen LogP contribution in [0.2, 0.25) is 0 Å². The number of rotatable bonds is 10. The average molecular weight is 347 g/mol. The summed E-state index contributed by atoms with van der Waals surface area (Å²) in [5, 5.41) is 14.0. The summed E-state index contributed by atoms with van der Waals surface area (Å²) in [6, 6.07) is -2.61. The van der Waals surface area contributed by atoms with E-state index in [1.165, 1.54) is 0 Å². The minimum absolute atomic E-state index is 0.0315. The van der Waals surface area contributed by atoms with Crippen molar-refractivity contribution in [3.8, 4) is 0 Å². The number of amides is 2. The highest BCUT2D eigenvalue weighted by Gasteiger charge is 2.28. The molecule has 0 aromatic carbocycles. The minimum atomic E-state index is -1.17. The second kappa shape index (κ2) is 10.5. The average Bonchev–Trinajstić information content (AvgIpc) is 2.41. The van der Waals surface area contributed by atoms with Gasteiger partial charge in [0.1, 0.15) is 12.1 Å². The van der Waals surface area contributed by atoms with E-state index in [0.29, 0.717) is 12.8 Å². The molecule has 0 aliphatic rings. The quantitative estimate of drug-likeness (QED) is 0.366. The SMILES string of the molecule is CC(C)CC(N)C(=O)NC(CC(C)C)C(=O)NC(CS)C(=O)O. The molecule has 0 saturated heterocycles. The summed E-state index contributed by atoms with van der Waals surface area (Å²) in [6.07, 6.45) is 0.904. The van der Waals surface area contributed by atoms with Crippen LogP contribution in [0.5, 0.6) is 0 Å². The van der Waals surface area contributed by atoms with Crippen LogP contribution in [0.4, 0.5) is 0 Å². The maximum Gasteiger partial charge on any atom is 0.327 e. The van der Waals surface area contributed by atoms with Gasteiger partial charge in [-0.1, -0.05) is 27.7 Å². The van der Waals surface area contributed by atoms with Crippen molar-refractivity contribution in [2.45, 2.75) is 58.7 Å². The molecular formula is C15H29N3O4S. The molecule has 2 amide bonds. The van der Waals surface area contributed by atoms with Gasteiger partial charge in [-0.15, -0.1) is 0 Å². The number of carbonyl (C=O) groups is 3. The third kappa shape index (κ3) is 8.80. The summed E-state index contributed by atoms with van der Waals surface area (Å²) in [7, 11) is 0. The molecule has 0 bridgehead atoms. The van der Waals surface area contributed by atoms with Gasteiger partial charge < -0.3 is 21.5 Å². The van der Waals surface area contributed by atoms with Crippen molar-refractivity contribution < 1.29 is 19.5 Å². The highest BCUT2D eigenvalue weighted by atomic mass is 32.1. The standard InChI is InChI=1S/C15H29N3O4S/c1-8(2)5-10(16)13(19)17-11(6-9(3)4)14(20)18-12(7-23)15(21)22/h8-12,23H,5-7,16H2,1-4H3,(H,17,19)(H,18,20)(H,21,22). The molecule has 0 saturated carbocycles. The number of nitrogens with one attached hydrogen (secondary N) is 2. The molecule has 0 rings (SSSR count). The minimum Gasteiger partial charge on any atom is -0.480 e. The van der Waals surface area contributed by atoms with Crippen LogP contribution in [0.1, 0.15) is 40.5 Å². The molecule has 23 heavy (non-hydrogen) atoms. The van der Waals surface area contributed by atoms with Crippen molar-refractivity contribution in [1.82, 2.24) is 10.6 Å². The van der Waals surface area contributed by atoms with Gasteiger partial charge in [-0.25, -0.2) is 4.79 Å². The van der Waals surface area contributed by atoms with Gasteiger partial charge in [0.2, 0.25) is 11.8 Å². The summed E-state index contributed by atoms with van der Waals surface area (Å²) >= 11 is 3.91. The van der Waals surface area contributed by atoms with E-state index in [9.17, 15) is 14.4 Å². The third-order valence-corrected chi connectivity index (χ3v) is 3.56. The summed E-state index contributed by atoms with van der Waals surface area (Å²) in [5.74, 6) is -1.74. The number of carboxylic acid groups (broad SMARTS) is 1. The van der Waals surface area contributed by atoms with Gasteiger partial charge >= 0.3 is 5.97 Å². The van der Waals surface area contributed by atoms with E-state index >= 15 is 0 Å². The largest absolute Gasteiger partial charge is 0.480 e. The summed E-state index contributed by atoms with van der Waals surface area (Å²) in [6.45, 7) is 7.73. The highest BCUT2D eigenvalue weighted by molar-refractivity contribution is 7.80. The van der Waals surface area contributed by atoms with Gasteiger partial charge in [0.15, 0.2) is 0 Å². The summed E-state index contributed by atoms with van der Waals surface area (Å²) in [5.41, 5.74) is 5.82. The molecule has 0 aliphatic carbocycles. The molecule has 3 unspecified atom stereocenters. The Labute approximate surface area is 143 Å². The second-order valence-corrected chi connectivity index (χ2v) is 6.87. The molecule has 0 spiro atoms. The predicted octanol–water partition coefficient (Wildman–Crippen LogP) is 0.390. The van der Waals surface area contributed by atoms with Gasteiger partial charge in [0.05, 0.1) is 6.04 Å². The zero-order valence-corrected chi connectivity index (χ0v) is 15.1. The number of thiol groups is 1. The van der Waals surface area contributed by atoms with Crippen LogP contribution in [0, 0.1) is 11.8 Å². The van der Waals surface area contributed by atoms with E-state index in [4.69, 9.17) is 10.8 Å². The number of hydrogen-bond acceptors (Lipinski definition) is 5. The van der Waals surface area contributed by atoms with E-state index in [1.54, 1.807) is 0 Å². The first-order chi connectivity index (χ1) is 10.6. The van der Waals surface area contributed by atoms with Crippen LogP contribution in [0.15, 0.2) is 0 Å². The van der Waals surface area contributed by atoms with Crippen LogP contribution in [0.25, 0.3) is 0 Å². The van der Waals surface area contributed by atoms with Crippen molar-refractivity contribution in [2.75, 3.05) is 5.75 Å². The fraction of sp³-hybridized carbons (Fsp3) is 0.800. The monoisotopic (exact) mass is 347 g/mol. The molecule has 0 radical (unpaired) electrons. The second-order valence-electron chi connectivity index (χ2n) is 6.51. The lowest BCUT2D eigenvalue weighted by atomic mass is 10.0. The highest BCUT2D eigenvalue weighted by Crippen LogP contribution is 2.08. The third-order valence-electron chi connectivity index (χ3n) is 3.20. The smallest absolute Gasteiger partial charge is 0.327 e. The van der Waals surface area contributed by atoms with E-state index < -0.39 is 35.9 Å². The molecule has 0 aromatic heterocycles. The predicted molar refractivity (Wildman–Crippen MR) is 92.2 cm³/mol. The Morgan fingerprint density at radius 2 is 1.43 bits per heavy atom. The number of hydrogen-bond donors (Lipinski definition) is 5. The Morgan fingerprint density at radius 3 is 1.83 bits per heavy atom. The van der Waals surface area contributed by atoms with Crippen LogP contribution >= 0.6 is 12.6 Å². The number of aliphatic carboxylic acids is 1. The Kier molecular flexibility index (Phi) is 9.90. The zero-order chi connectivity index (χ0) is 18.2. The van der Waals surface area contributed by atoms with Gasteiger partial charge in [-0.2, -0.15) is 12.6 Å². The van der Waals surface area contributed by atoms with Crippen molar-refractivity contribution in [3.63, 3.8) is 0 Å². The maximum atomic E-state index is 12.3. The van der Waals surface area contributed by atoms with Crippen molar-refractivity contribution >= 4 is 30.4 Å². The zero-order valence-electron chi connectivity index (χ0n) is 14.2. The molecule has 0 aliphatic heterocycles. The molecule has 5 N–H and O–H groups in total. The molecule has 8 heteroatoms. The number of nitrogens with two attached hydrogens (primary N) is 1. The molecule has 3 atom stereocenters. The molecule has 0 aromatic rings. The molecular weight excluding hydrogens is 318 g/mol. The van der Waals surface area contributed by atoms with E-state index in [2.05, 4.69) is 23.3 Å². The topological polar surface area (TPSA) is 122 Å². The van der Waals surface area contributed by atoms with Gasteiger partial charge in [0.25, 0.3) is 0 Å². The fourth-order valence-electron chi connectivity index (χ4n) is 2.05. The first kappa shape index (κ1) is 21.7. The Morgan fingerprint density at radius 1 is 0.957 bits per heavy atom. The molecule has 0 fully saturated rings. The summed E-state index contributed by atoms with van der Waals surface area (Å²) in [4.78, 5) is 35.4. The lowest BCUT2D eigenvalue weighted by molar-refractivity contribution is -0.141. The van der Waals surface area contributed by atoms with E-state index in [1.807, 2.05) is 27.7 Å². The van der Waals surface area contributed by atoms with Crippen molar-refractivity contribution in [3.05, 3.63) is 0 Å². The first-order valence-corrected chi connectivity index (χ1v) is 8.41. The van der Waals surface area contributed by atoms with Crippen LogP contribution in [-0.4, -0.2) is 46.8 Å². The number of carbonyl (C=O) groups excluding carboxylic acids is 2. The van der Waals surface area contributed by atoms with Crippen LogP contribution in [-0.2, 0) is 14.4 Å². The summed E-state index contributed by atoms with van der Waals surface area (Å²) < 4.78 is 0. The lowest BCUT2D eigenvalue weighted by Gasteiger charge is -2.24. The normalized spacial score (nSPS) is 15.1. The maximum absolute atomic E-state index is 12.3. The van der Waals surface area contributed by atoms with Gasteiger partial charge in [0, 0.05) is 5.75 Å². The molecule has 0 heterocycles.